The zero-order valence-electron chi connectivity index (χ0n) is 9.85. The van der Waals surface area contributed by atoms with E-state index in [0.717, 1.165) is 9.26 Å². The smallest absolute Gasteiger partial charge is 0.308 e. The van der Waals surface area contributed by atoms with Crippen molar-refractivity contribution in [2.24, 2.45) is 0 Å². The van der Waals surface area contributed by atoms with Gasteiger partial charge in [0.2, 0.25) is 0 Å². The first-order valence-electron chi connectivity index (χ1n) is 5.51. The fraction of sp³-hybridized carbons (Fsp3) is 0. The van der Waals surface area contributed by atoms with E-state index in [4.69, 9.17) is 5.26 Å². The fourth-order valence-corrected chi connectivity index (χ4v) is 1.81. The van der Waals surface area contributed by atoms with E-state index >= 15 is 0 Å². The van der Waals surface area contributed by atoms with E-state index in [1.807, 2.05) is 30.3 Å². The van der Waals surface area contributed by atoms with E-state index in [1.165, 1.54) is 0 Å². The summed E-state index contributed by atoms with van der Waals surface area (Å²) < 4.78 is 1.11. The minimum absolute atomic E-state index is 0.314. The number of rotatable bonds is 2. The highest BCUT2D eigenvalue weighted by molar-refractivity contribution is 14.1. The van der Waals surface area contributed by atoms with Crippen molar-refractivity contribution in [1.29, 1.82) is 5.26 Å². The summed E-state index contributed by atoms with van der Waals surface area (Å²) >= 11 is 2.20. The van der Waals surface area contributed by atoms with Crippen LogP contribution in [0.4, 0.5) is 16.2 Å². The van der Waals surface area contributed by atoms with Crippen molar-refractivity contribution in [3.8, 4) is 6.07 Å². The summed E-state index contributed by atoms with van der Waals surface area (Å²) in [4.78, 5) is 11.7. The highest BCUT2D eigenvalue weighted by Gasteiger charge is 2.02. The van der Waals surface area contributed by atoms with Gasteiger partial charge in [-0.1, -0.05) is 0 Å². The fourth-order valence-electron chi connectivity index (χ4n) is 1.45. The summed E-state index contributed by atoms with van der Waals surface area (Å²) in [5.41, 5.74) is 1.93. The summed E-state index contributed by atoms with van der Waals surface area (Å²) in [5, 5.41) is 14.1. The summed E-state index contributed by atoms with van der Waals surface area (Å²) in [6.45, 7) is 0. The molecule has 2 aromatic rings. The second-order valence-corrected chi connectivity index (χ2v) is 5.02. The van der Waals surface area contributed by atoms with Crippen LogP contribution in [-0.4, -0.2) is 6.03 Å². The van der Waals surface area contributed by atoms with E-state index in [1.54, 1.807) is 24.3 Å². The molecule has 0 bridgehead atoms. The third kappa shape index (κ3) is 3.96. The number of benzene rings is 2. The van der Waals surface area contributed by atoms with Crippen molar-refractivity contribution < 1.29 is 4.79 Å². The molecule has 0 aliphatic heterocycles. The van der Waals surface area contributed by atoms with Crippen molar-refractivity contribution in [3.05, 3.63) is 57.7 Å². The van der Waals surface area contributed by atoms with Crippen LogP contribution in [-0.2, 0) is 0 Å². The Kier molecular flexibility index (Phi) is 4.36. The van der Waals surface area contributed by atoms with Gasteiger partial charge in [0.1, 0.15) is 0 Å². The topological polar surface area (TPSA) is 64.9 Å². The first kappa shape index (κ1) is 13.4. The lowest BCUT2D eigenvalue weighted by Crippen LogP contribution is -2.19. The Morgan fingerprint density at radius 3 is 1.89 bits per heavy atom. The molecular formula is C14H10IN3O. The minimum Gasteiger partial charge on any atom is -0.308 e. The number of nitrogens with zero attached hydrogens (tertiary/aromatic N) is 1. The Balaban J connectivity index is 1.97. The summed E-state index contributed by atoms with van der Waals surface area (Å²) in [6.07, 6.45) is 0. The van der Waals surface area contributed by atoms with E-state index < -0.39 is 0 Å². The van der Waals surface area contributed by atoms with Gasteiger partial charge in [0.15, 0.2) is 0 Å². The maximum Gasteiger partial charge on any atom is 0.323 e. The molecule has 0 aliphatic carbocycles. The molecule has 0 heterocycles. The van der Waals surface area contributed by atoms with Gasteiger partial charge in [-0.2, -0.15) is 5.26 Å². The SMILES string of the molecule is N#Cc1ccc(NC(=O)Nc2ccc(I)cc2)cc1. The van der Waals surface area contributed by atoms with Gasteiger partial charge in [0, 0.05) is 14.9 Å². The quantitative estimate of drug-likeness (QED) is 0.797. The highest BCUT2D eigenvalue weighted by atomic mass is 127. The Morgan fingerprint density at radius 2 is 1.42 bits per heavy atom. The first-order valence-corrected chi connectivity index (χ1v) is 6.59. The van der Waals surface area contributed by atoms with E-state index in [9.17, 15) is 4.79 Å². The Labute approximate surface area is 124 Å². The van der Waals surface area contributed by atoms with Gasteiger partial charge < -0.3 is 10.6 Å². The molecule has 0 saturated heterocycles. The standard InChI is InChI=1S/C14H10IN3O/c15-11-3-7-13(8-4-11)18-14(19)17-12-5-1-10(9-16)2-6-12/h1-8H,(H2,17,18,19). The molecular weight excluding hydrogens is 353 g/mol. The molecule has 0 fully saturated rings. The maximum absolute atomic E-state index is 11.7. The Morgan fingerprint density at radius 1 is 0.947 bits per heavy atom. The Hall–Kier alpha value is -2.07. The number of halogens is 1. The number of carbonyl (C=O) groups excluding carboxylic acids is 1. The largest absolute Gasteiger partial charge is 0.323 e. The van der Waals surface area contributed by atoms with Crippen LogP contribution in [0.15, 0.2) is 48.5 Å². The number of carbonyl (C=O) groups is 1. The van der Waals surface area contributed by atoms with Crippen molar-refractivity contribution in [3.63, 3.8) is 0 Å². The molecule has 0 aromatic heterocycles. The highest BCUT2D eigenvalue weighted by Crippen LogP contribution is 2.13. The molecule has 5 heteroatoms. The molecule has 0 aliphatic rings. The number of anilines is 2. The predicted molar refractivity (Wildman–Crippen MR) is 83.0 cm³/mol. The van der Waals surface area contributed by atoms with Crippen LogP contribution in [0.1, 0.15) is 5.56 Å². The molecule has 2 N–H and O–H groups in total. The van der Waals surface area contributed by atoms with Gasteiger partial charge in [-0.05, 0) is 71.1 Å². The lowest BCUT2D eigenvalue weighted by atomic mass is 10.2. The van der Waals surface area contributed by atoms with Crippen LogP contribution in [0.2, 0.25) is 0 Å². The normalized spacial score (nSPS) is 9.47. The van der Waals surface area contributed by atoms with Crippen molar-refractivity contribution >= 4 is 40.0 Å². The zero-order valence-corrected chi connectivity index (χ0v) is 12.0. The first-order chi connectivity index (χ1) is 9.17. The minimum atomic E-state index is -0.314. The summed E-state index contributed by atoms with van der Waals surface area (Å²) in [6, 6.07) is 15.9. The predicted octanol–water partition coefficient (Wildman–Crippen LogP) is 3.81. The Bertz CT molecular complexity index is 615. The zero-order chi connectivity index (χ0) is 13.7. The molecule has 0 unspecified atom stereocenters. The number of urea groups is 1. The van der Waals surface area contributed by atoms with E-state index in [2.05, 4.69) is 33.2 Å². The van der Waals surface area contributed by atoms with Crippen LogP contribution >= 0.6 is 22.6 Å². The second-order valence-electron chi connectivity index (χ2n) is 3.78. The van der Waals surface area contributed by atoms with Gasteiger partial charge in [-0.15, -0.1) is 0 Å². The molecule has 94 valence electrons. The van der Waals surface area contributed by atoms with Gasteiger partial charge in [-0.25, -0.2) is 4.79 Å². The molecule has 2 rings (SSSR count). The van der Waals surface area contributed by atoms with Gasteiger partial charge in [0.05, 0.1) is 11.6 Å². The lowest BCUT2D eigenvalue weighted by molar-refractivity contribution is 0.262. The van der Waals surface area contributed by atoms with Crippen molar-refractivity contribution in [2.45, 2.75) is 0 Å². The number of amides is 2. The maximum atomic E-state index is 11.7. The molecule has 0 spiro atoms. The molecule has 2 aromatic carbocycles. The molecule has 2 amide bonds. The third-order valence-corrected chi connectivity index (χ3v) is 3.09. The van der Waals surface area contributed by atoms with Crippen LogP contribution in [0.3, 0.4) is 0 Å². The van der Waals surface area contributed by atoms with Crippen molar-refractivity contribution in [1.82, 2.24) is 0 Å². The van der Waals surface area contributed by atoms with Crippen LogP contribution in [0.25, 0.3) is 0 Å². The van der Waals surface area contributed by atoms with Gasteiger partial charge >= 0.3 is 6.03 Å². The number of nitriles is 1. The third-order valence-electron chi connectivity index (χ3n) is 2.37. The lowest BCUT2D eigenvalue weighted by Gasteiger charge is -2.07. The molecule has 0 radical (unpaired) electrons. The van der Waals surface area contributed by atoms with Gasteiger partial charge in [0.25, 0.3) is 0 Å². The van der Waals surface area contributed by atoms with E-state index in [0.29, 0.717) is 11.3 Å². The summed E-state index contributed by atoms with van der Waals surface area (Å²) in [7, 11) is 0. The second kappa shape index (κ2) is 6.20. The monoisotopic (exact) mass is 363 g/mol. The van der Waals surface area contributed by atoms with Gasteiger partial charge in [-0.3, -0.25) is 0 Å². The average Bonchev–Trinajstić information content (AvgIpc) is 2.42. The number of nitrogens with one attached hydrogen (secondary N) is 2. The number of hydrogen-bond acceptors (Lipinski definition) is 2. The van der Waals surface area contributed by atoms with Crippen molar-refractivity contribution in [2.75, 3.05) is 10.6 Å². The van der Waals surface area contributed by atoms with E-state index in [-0.39, 0.29) is 6.03 Å². The van der Waals surface area contributed by atoms with Crippen LogP contribution < -0.4 is 10.6 Å². The van der Waals surface area contributed by atoms with Crippen LogP contribution in [0.5, 0.6) is 0 Å². The molecule has 4 nitrogen and oxygen atoms in total. The molecule has 0 atom stereocenters. The number of hydrogen-bond donors (Lipinski definition) is 2. The van der Waals surface area contributed by atoms with Crippen LogP contribution in [0, 0.1) is 14.9 Å². The summed E-state index contributed by atoms with van der Waals surface area (Å²) in [5.74, 6) is 0. The average molecular weight is 363 g/mol. The molecule has 19 heavy (non-hydrogen) atoms. The molecule has 0 saturated carbocycles.